The first-order valence-corrected chi connectivity index (χ1v) is 10.5. The fourth-order valence-corrected chi connectivity index (χ4v) is 3.51. The highest BCUT2D eigenvalue weighted by atomic mass is 16.7. The summed E-state index contributed by atoms with van der Waals surface area (Å²) >= 11 is 0. The van der Waals surface area contributed by atoms with Crippen LogP contribution in [0.4, 0.5) is 0 Å². The van der Waals surface area contributed by atoms with Crippen molar-refractivity contribution < 1.29 is 28.5 Å². The zero-order chi connectivity index (χ0) is 19.7. The zero-order valence-electron chi connectivity index (χ0n) is 17.2. The van der Waals surface area contributed by atoms with Gasteiger partial charge in [-0.1, -0.05) is 19.8 Å². The minimum atomic E-state index is -0.503. The van der Waals surface area contributed by atoms with Crippen LogP contribution in [0.3, 0.4) is 0 Å². The van der Waals surface area contributed by atoms with Crippen LogP contribution in [-0.4, -0.2) is 44.7 Å². The lowest BCUT2D eigenvalue weighted by Crippen LogP contribution is -2.34. The third kappa shape index (κ3) is 7.07. The lowest BCUT2D eigenvalue weighted by molar-refractivity contribution is -0.179. The van der Waals surface area contributed by atoms with Crippen LogP contribution in [0.5, 0.6) is 0 Å². The molecule has 1 aliphatic carbocycles. The van der Waals surface area contributed by atoms with E-state index in [1.807, 2.05) is 20.8 Å². The summed E-state index contributed by atoms with van der Waals surface area (Å²) in [6, 6.07) is 0. The molecule has 2 fully saturated rings. The number of ether oxygens (including phenoxy) is 4. The Bertz CT molecular complexity index is 469. The maximum absolute atomic E-state index is 12.5. The second-order valence-electron chi connectivity index (χ2n) is 8.32. The van der Waals surface area contributed by atoms with E-state index in [-0.39, 0.29) is 43.3 Å². The van der Waals surface area contributed by atoms with Crippen LogP contribution >= 0.6 is 0 Å². The molecule has 156 valence electrons. The van der Waals surface area contributed by atoms with Gasteiger partial charge in [0.15, 0.2) is 6.29 Å². The molecule has 6 heteroatoms. The second kappa shape index (κ2) is 11.0. The standard InChI is InChI=1S/C21H36O6/c1-4-21(2,3)20(23)26-14-13-25-19(22)17-10-6-5-9-16(17)15-27-18-11-7-8-12-24-18/h16-18H,4-15H2,1-3H3. The molecule has 2 rings (SSSR count). The molecule has 0 N–H and O–H groups in total. The van der Waals surface area contributed by atoms with Crippen molar-refractivity contribution in [3.05, 3.63) is 0 Å². The molecule has 2 aliphatic rings. The first kappa shape index (κ1) is 22.2. The highest BCUT2D eigenvalue weighted by Crippen LogP contribution is 2.32. The van der Waals surface area contributed by atoms with Crippen LogP contribution in [0.15, 0.2) is 0 Å². The van der Waals surface area contributed by atoms with Gasteiger partial charge in [0.1, 0.15) is 13.2 Å². The summed E-state index contributed by atoms with van der Waals surface area (Å²) in [4.78, 5) is 24.4. The maximum Gasteiger partial charge on any atom is 0.311 e. The summed E-state index contributed by atoms with van der Waals surface area (Å²) in [6.07, 6.45) is 7.71. The minimum Gasteiger partial charge on any atom is -0.462 e. The van der Waals surface area contributed by atoms with Crippen molar-refractivity contribution in [3.63, 3.8) is 0 Å². The van der Waals surface area contributed by atoms with E-state index >= 15 is 0 Å². The SMILES string of the molecule is CCC(C)(C)C(=O)OCCOC(=O)C1CCCCC1COC1CCCCO1. The molecular weight excluding hydrogens is 348 g/mol. The van der Waals surface area contributed by atoms with Gasteiger partial charge in [-0.05, 0) is 58.3 Å². The second-order valence-corrected chi connectivity index (χ2v) is 8.32. The summed E-state index contributed by atoms with van der Waals surface area (Å²) in [6.45, 7) is 7.18. The van der Waals surface area contributed by atoms with Crippen molar-refractivity contribution in [1.82, 2.24) is 0 Å². The molecule has 27 heavy (non-hydrogen) atoms. The lowest BCUT2D eigenvalue weighted by atomic mass is 9.79. The number of carbonyl (C=O) groups excluding carboxylic acids is 2. The maximum atomic E-state index is 12.5. The molecule has 1 aliphatic heterocycles. The Morgan fingerprint density at radius 3 is 2.41 bits per heavy atom. The van der Waals surface area contributed by atoms with E-state index in [4.69, 9.17) is 18.9 Å². The monoisotopic (exact) mass is 384 g/mol. The van der Waals surface area contributed by atoms with Crippen LogP contribution in [-0.2, 0) is 28.5 Å². The summed E-state index contributed by atoms with van der Waals surface area (Å²) in [7, 11) is 0. The third-order valence-corrected chi connectivity index (χ3v) is 5.84. The molecule has 0 radical (unpaired) electrons. The van der Waals surface area contributed by atoms with Crippen LogP contribution in [0.25, 0.3) is 0 Å². The van der Waals surface area contributed by atoms with Crippen LogP contribution in [0, 0.1) is 17.3 Å². The van der Waals surface area contributed by atoms with Crippen LogP contribution in [0.2, 0.25) is 0 Å². The van der Waals surface area contributed by atoms with Gasteiger partial charge in [-0.3, -0.25) is 9.59 Å². The molecular formula is C21H36O6. The van der Waals surface area contributed by atoms with Gasteiger partial charge in [-0.25, -0.2) is 0 Å². The van der Waals surface area contributed by atoms with Crippen molar-refractivity contribution in [2.24, 2.45) is 17.3 Å². The quantitative estimate of drug-likeness (QED) is 0.444. The van der Waals surface area contributed by atoms with Crippen molar-refractivity contribution >= 4 is 11.9 Å². The van der Waals surface area contributed by atoms with Gasteiger partial charge in [0.05, 0.1) is 17.9 Å². The summed E-state index contributed by atoms with van der Waals surface area (Å²) in [5, 5.41) is 0. The molecule has 0 aromatic carbocycles. The van der Waals surface area contributed by atoms with E-state index in [1.165, 1.54) is 0 Å². The van der Waals surface area contributed by atoms with Crippen molar-refractivity contribution in [2.45, 2.75) is 78.4 Å². The first-order valence-electron chi connectivity index (χ1n) is 10.5. The Labute approximate surface area is 163 Å². The number of hydrogen-bond donors (Lipinski definition) is 0. The van der Waals surface area contributed by atoms with E-state index in [0.29, 0.717) is 13.0 Å². The highest BCUT2D eigenvalue weighted by molar-refractivity contribution is 5.76. The predicted molar refractivity (Wildman–Crippen MR) is 101 cm³/mol. The average Bonchev–Trinajstić information content (AvgIpc) is 2.70. The first-order chi connectivity index (χ1) is 12.9. The highest BCUT2D eigenvalue weighted by Gasteiger charge is 2.33. The molecule has 1 saturated carbocycles. The van der Waals surface area contributed by atoms with Gasteiger partial charge in [0.25, 0.3) is 0 Å². The van der Waals surface area contributed by atoms with E-state index in [1.54, 1.807) is 0 Å². The Kier molecular flexibility index (Phi) is 9.03. The number of carbonyl (C=O) groups is 2. The average molecular weight is 385 g/mol. The summed E-state index contributed by atoms with van der Waals surface area (Å²) < 4.78 is 22.2. The van der Waals surface area contributed by atoms with Crippen LogP contribution < -0.4 is 0 Å². The normalized spacial score (nSPS) is 26.4. The van der Waals surface area contributed by atoms with E-state index in [9.17, 15) is 9.59 Å². The minimum absolute atomic E-state index is 0.109. The summed E-state index contributed by atoms with van der Waals surface area (Å²) in [5.41, 5.74) is -0.503. The lowest BCUT2D eigenvalue weighted by Gasteiger charge is -2.31. The Morgan fingerprint density at radius 2 is 1.70 bits per heavy atom. The van der Waals surface area contributed by atoms with E-state index in [0.717, 1.165) is 51.6 Å². The number of hydrogen-bond acceptors (Lipinski definition) is 6. The van der Waals surface area contributed by atoms with Gasteiger partial charge >= 0.3 is 11.9 Å². The van der Waals surface area contributed by atoms with Gasteiger partial charge in [0, 0.05) is 6.61 Å². The van der Waals surface area contributed by atoms with Gasteiger partial charge in [-0.2, -0.15) is 0 Å². The van der Waals surface area contributed by atoms with Gasteiger partial charge < -0.3 is 18.9 Å². The van der Waals surface area contributed by atoms with Gasteiger partial charge in [0.2, 0.25) is 0 Å². The zero-order valence-corrected chi connectivity index (χ0v) is 17.2. The fraction of sp³-hybridized carbons (Fsp3) is 0.905. The molecule has 0 bridgehead atoms. The molecule has 3 atom stereocenters. The number of esters is 2. The van der Waals surface area contributed by atoms with Crippen molar-refractivity contribution in [2.75, 3.05) is 26.4 Å². The Morgan fingerprint density at radius 1 is 1.00 bits per heavy atom. The molecule has 1 heterocycles. The molecule has 6 nitrogen and oxygen atoms in total. The topological polar surface area (TPSA) is 71.1 Å². The molecule has 3 unspecified atom stereocenters. The Balaban J connectivity index is 1.71. The molecule has 0 aromatic rings. The molecule has 0 amide bonds. The molecule has 0 spiro atoms. The third-order valence-electron chi connectivity index (χ3n) is 5.84. The van der Waals surface area contributed by atoms with Crippen molar-refractivity contribution in [1.29, 1.82) is 0 Å². The fourth-order valence-electron chi connectivity index (χ4n) is 3.51. The van der Waals surface area contributed by atoms with Crippen LogP contribution in [0.1, 0.15) is 72.1 Å². The smallest absolute Gasteiger partial charge is 0.311 e. The van der Waals surface area contributed by atoms with E-state index in [2.05, 4.69) is 0 Å². The van der Waals surface area contributed by atoms with Crippen molar-refractivity contribution in [3.8, 4) is 0 Å². The summed E-state index contributed by atoms with van der Waals surface area (Å²) in [5.74, 6) is -0.403. The number of rotatable bonds is 9. The largest absolute Gasteiger partial charge is 0.462 e. The molecule has 1 saturated heterocycles. The van der Waals surface area contributed by atoms with E-state index < -0.39 is 5.41 Å². The Hall–Kier alpha value is -1.14. The van der Waals surface area contributed by atoms with Gasteiger partial charge in [-0.15, -0.1) is 0 Å². The predicted octanol–water partition coefficient (Wildman–Crippen LogP) is 3.86. The molecule has 0 aromatic heterocycles.